The Bertz CT molecular complexity index is 1370. The lowest BCUT2D eigenvalue weighted by atomic mass is 10.2. The van der Waals surface area contributed by atoms with E-state index in [1.54, 1.807) is 40.0 Å². The van der Waals surface area contributed by atoms with Crippen LogP contribution in [0.2, 0.25) is 5.02 Å². The predicted molar refractivity (Wildman–Crippen MR) is 138 cm³/mol. The number of carbonyl (C=O) groups is 1. The first kappa shape index (κ1) is 24.8. The molecule has 2 heterocycles. The third kappa shape index (κ3) is 6.09. The first-order chi connectivity index (χ1) is 17.9. The Morgan fingerprint density at radius 3 is 2.19 bits per heavy atom. The quantitative estimate of drug-likeness (QED) is 0.326. The first-order valence-electron chi connectivity index (χ1n) is 11.9. The number of nitrogens with zero attached hydrogens (tertiary/aromatic N) is 4. The first-order valence-corrected chi connectivity index (χ1v) is 12.3. The topological polar surface area (TPSA) is 50.6 Å². The van der Waals surface area contributed by atoms with Crippen LogP contribution in [0.1, 0.15) is 21.5 Å². The zero-order chi connectivity index (χ0) is 25.8. The number of anilines is 1. The second-order valence-electron chi connectivity index (χ2n) is 8.85. The van der Waals surface area contributed by atoms with Crippen LogP contribution >= 0.6 is 11.6 Å². The SMILES string of the molecule is O=C(c1cn(Cc2ccc(F)cc2)nc1OCc1ccc(F)cc1)N1CCN(c2cccc(Cl)c2)CC1. The van der Waals surface area contributed by atoms with Gasteiger partial charge in [-0.15, -0.1) is 5.10 Å². The molecule has 37 heavy (non-hydrogen) atoms. The van der Waals surface area contributed by atoms with Crippen LogP contribution in [0.15, 0.2) is 79.0 Å². The van der Waals surface area contributed by atoms with Crippen LogP contribution in [0, 0.1) is 11.6 Å². The van der Waals surface area contributed by atoms with Crippen molar-refractivity contribution in [3.63, 3.8) is 0 Å². The van der Waals surface area contributed by atoms with Crippen LogP contribution in [0.3, 0.4) is 0 Å². The molecule has 1 saturated heterocycles. The lowest BCUT2D eigenvalue weighted by Gasteiger charge is -2.36. The fourth-order valence-corrected chi connectivity index (χ4v) is 4.44. The Labute approximate surface area is 218 Å². The summed E-state index contributed by atoms with van der Waals surface area (Å²) in [4.78, 5) is 17.5. The van der Waals surface area contributed by atoms with E-state index in [4.69, 9.17) is 16.3 Å². The summed E-state index contributed by atoms with van der Waals surface area (Å²) in [6.07, 6.45) is 1.66. The van der Waals surface area contributed by atoms with Gasteiger partial charge in [0.15, 0.2) is 0 Å². The van der Waals surface area contributed by atoms with Gasteiger partial charge in [0.2, 0.25) is 5.88 Å². The normalized spacial score (nSPS) is 13.6. The largest absolute Gasteiger partial charge is 0.471 e. The van der Waals surface area contributed by atoms with E-state index in [0.29, 0.717) is 43.3 Å². The third-order valence-electron chi connectivity index (χ3n) is 6.25. The lowest BCUT2D eigenvalue weighted by molar-refractivity contribution is 0.0741. The van der Waals surface area contributed by atoms with Crippen molar-refractivity contribution < 1.29 is 18.3 Å². The third-order valence-corrected chi connectivity index (χ3v) is 6.48. The highest BCUT2D eigenvalue weighted by Gasteiger charge is 2.27. The fraction of sp³-hybridized carbons (Fsp3) is 0.214. The maximum Gasteiger partial charge on any atom is 0.261 e. The maximum atomic E-state index is 13.5. The molecule has 0 saturated carbocycles. The molecule has 1 aliphatic rings. The van der Waals surface area contributed by atoms with Gasteiger partial charge in [0.05, 0.1) is 6.54 Å². The van der Waals surface area contributed by atoms with Crippen molar-refractivity contribution in [3.05, 3.63) is 112 Å². The number of rotatable bonds is 7. The van der Waals surface area contributed by atoms with E-state index >= 15 is 0 Å². The van der Waals surface area contributed by atoms with Crippen LogP contribution in [0.5, 0.6) is 5.88 Å². The van der Waals surface area contributed by atoms with Crippen LogP contribution in [-0.2, 0) is 13.2 Å². The second-order valence-corrected chi connectivity index (χ2v) is 9.28. The van der Waals surface area contributed by atoms with E-state index in [0.717, 1.165) is 16.8 Å². The molecule has 0 N–H and O–H groups in total. The molecule has 0 atom stereocenters. The molecule has 0 aliphatic carbocycles. The van der Waals surface area contributed by atoms with E-state index < -0.39 is 0 Å². The average molecular weight is 523 g/mol. The Morgan fingerprint density at radius 1 is 0.892 bits per heavy atom. The van der Waals surface area contributed by atoms with Gasteiger partial charge in [-0.1, -0.05) is 41.9 Å². The Balaban J connectivity index is 1.32. The van der Waals surface area contributed by atoms with Gasteiger partial charge in [-0.25, -0.2) is 8.78 Å². The smallest absolute Gasteiger partial charge is 0.261 e. The molecule has 3 aromatic carbocycles. The fourth-order valence-electron chi connectivity index (χ4n) is 4.26. The number of hydrogen-bond donors (Lipinski definition) is 0. The van der Waals surface area contributed by atoms with Gasteiger partial charge >= 0.3 is 0 Å². The highest BCUT2D eigenvalue weighted by molar-refractivity contribution is 6.30. The molecule has 0 spiro atoms. The summed E-state index contributed by atoms with van der Waals surface area (Å²) in [6, 6.07) is 19.8. The molecule has 1 aromatic heterocycles. The Kier molecular flexibility index (Phi) is 7.37. The van der Waals surface area contributed by atoms with Crippen molar-refractivity contribution >= 4 is 23.2 Å². The number of benzene rings is 3. The van der Waals surface area contributed by atoms with Gasteiger partial charge in [0.1, 0.15) is 23.8 Å². The molecular weight excluding hydrogens is 498 g/mol. The molecule has 1 fully saturated rings. The molecule has 190 valence electrons. The van der Waals surface area contributed by atoms with Crippen molar-refractivity contribution in [3.8, 4) is 5.88 Å². The summed E-state index contributed by atoms with van der Waals surface area (Å²) in [5.74, 6) is -0.626. The maximum absolute atomic E-state index is 13.5. The van der Waals surface area contributed by atoms with Crippen molar-refractivity contribution in [2.24, 2.45) is 0 Å². The number of piperazine rings is 1. The van der Waals surface area contributed by atoms with Crippen molar-refractivity contribution in [2.75, 3.05) is 31.1 Å². The second kappa shape index (κ2) is 11.0. The molecular formula is C28H25ClF2N4O2. The zero-order valence-corrected chi connectivity index (χ0v) is 20.7. The number of halogens is 3. The van der Waals surface area contributed by atoms with Crippen molar-refractivity contribution in [1.82, 2.24) is 14.7 Å². The van der Waals surface area contributed by atoms with Crippen LogP contribution in [-0.4, -0.2) is 46.8 Å². The molecule has 1 aliphatic heterocycles. The summed E-state index contributed by atoms with van der Waals surface area (Å²) in [5.41, 5.74) is 2.96. The van der Waals surface area contributed by atoms with E-state index in [2.05, 4.69) is 10.00 Å². The van der Waals surface area contributed by atoms with Crippen LogP contribution < -0.4 is 9.64 Å². The van der Waals surface area contributed by atoms with E-state index in [9.17, 15) is 13.6 Å². The molecule has 9 heteroatoms. The van der Waals surface area contributed by atoms with Gasteiger partial charge in [0.25, 0.3) is 5.91 Å². The molecule has 0 bridgehead atoms. The average Bonchev–Trinajstić information content (AvgIpc) is 3.32. The summed E-state index contributed by atoms with van der Waals surface area (Å²) in [6.45, 7) is 2.89. The van der Waals surface area contributed by atoms with Gasteiger partial charge in [-0.3, -0.25) is 9.48 Å². The number of ether oxygens (including phenoxy) is 1. The summed E-state index contributed by atoms with van der Waals surface area (Å²) in [5, 5.41) is 5.18. The number of amides is 1. The Hall–Kier alpha value is -3.91. The number of aromatic nitrogens is 2. The minimum atomic E-state index is -0.333. The zero-order valence-electron chi connectivity index (χ0n) is 20.0. The van der Waals surface area contributed by atoms with E-state index in [1.165, 1.54) is 24.3 Å². The summed E-state index contributed by atoms with van der Waals surface area (Å²) < 4.78 is 34.1. The van der Waals surface area contributed by atoms with Crippen LogP contribution in [0.25, 0.3) is 0 Å². The highest BCUT2D eigenvalue weighted by Crippen LogP contribution is 2.24. The molecule has 6 nitrogen and oxygen atoms in total. The summed E-state index contributed by atoms with van der Waals surface area (Å²) >= 11 is 6.14. The van der Waals surface area contributed by atoms with Gasteiger partial charge in [-0.2, -0.15) is 0 Å². The van der Waals surface area contributed by atoms with Gasteiger partial charge in [0, 0.05) is 43.1 Å². The molecule has 0 radical (unpaired) electrons. The monoisotopic (exact) mass is 522 g/mol. The molecule has 0 unspecified atom stereocenters. The highest BCUT2D eigenvalue weighted by atomic mass is 35.5. The van der Waals surface area contributed by atoms with Gasteiger partial charge < -0.3 is 14.5 Å². The van der Waals surface area contributed by atoms with Crippen molar-refractivity contribution in [2.45, 2.75) is 13.2 Å². The van der Waals surface area contributed by atoms with Crippen molar-refractivity contribution in [1.29, 1.82) is 0 Å². The van der Waals surface area contributed by atoms with Gasteiger partial charge in [-0.05, 0) is 53.6 Å². The van der Waals surface area contributed by atoms with E-state index in [-0.39, 0.29) is 30.0 Å². The minimum absolute atomic E-state index is 0.136. The Morgan fingerprint density at radius 2 is 1.54 bits per heavy atom. The number of hydrogen-bond acceptors (Lipinski definition) is 4. The van der Waals surface area contributed by atoms with Crippen LogP contribution in [0.4, 0.5) is 14.5 Å². The minimum Gasteiger partial charge on any atom is -0.471 e. The lowest BCUT2D eigenvalue weighted by Crippen LogP contribution is -2.48. The molecule has 4 aromatic rings. The van der Waals surface area contributed by atoms with E-state index in [1.807, 2.05) is 24.3 Å². The standard InChI is InChI=1S/C28H25ClF2N4O2/c29-22-2-1-3-25(16-22)33-12-14-34(15-13-33)28(36)26-18-35(17-20-4-8-23(30)9-5-20)32-27(26)37-19-21-6-10-24(31)11-7-21/h1-11,16,18H,12-15,17,19H2. The molecule has 1 amide bonds. The predicted octanol–water partition coefficient (Wildman–Crippen LogP) is 5.40. The number of carbonyl (C=O) groups excluding carboxylic acids is 1. The summed E-state index contributed by atoms with van der Waals surface area (Å²) in [7, 11) is 0. The molecule has 5 rings (SSSR count).